The van der Waals surface area contributed by atoms with E-state index in [-0.39, 0.29) is 18.6 Å². The average Bonchev–Trinajstić information content (AvgIpc) is 3.30. The first kappa shape index (κ1) is 19.5. The zero-order valence-electron chi connectivity index (χ0n) is 16.4. The van der Waals surface area contributed by atoms with Crippen LogP contribution < -0.4 is 14.8 Å². The van der Waals surface area contributed by atoms with E-state index in [1.54, 1.807) is 13.3 Å². The summed E-state index contributed by atoms with van der Waals surface area (Å²) in [5.41, 5.74) is 0.811. The normalized spacial score (nSPS) is 24.8. The lowest BCUT2D eigenvalue weighted by Crippen LogP contribution is -2.41. The Morgan fingerprint density at radius 1 is 1.33 bits per heavy atom. The third kappa shape index (κ3) is 4.93. The Labute approximate surface area is 161 Å². The summed E-state index contributed by atoms with van der Waals surface area (Å²) in [6.07, 6.45) is 6.85. The number of ether oxygens (including phenoxy) is 2. The second-order valence-electron chi connectivity index (χ2n) is 7.55. The number of methoxy groups -OCH3 is 1. The minimum Gasteiger partial charge on any atom is -0.493 e. The lowest BCUT2D eigenvalue weighted by atomic mass is 9.84. The minimum absolute atomic E-state index is 0.0736. The number of fused-ring (bicyclic) bond motifs is 2. The van der Waals surface area contributed by atoms with E-state index < -0.39 is 0 Å². The molecule has 0 radical (unpaired) electrons. The monoisotopic (exact) mass is 374 g/mol. The van der Waals surface area contributed by atoms with Crippen molar-refractivity contribution in [3.63, 3.8) is 0 Å². The molecule has 2 aliphatic rings. The van der Waals surface area contributed by atoms with E-state index in [4.69, 9.17) is 14.3 Å². The fourth-order valence-corrected chi connectivity index (χ4v) is 4.54. The molecule has 1 aromatic carbocycles. The molecule has 2 aliphatic carbocycles. The maximum absolute atomic E-state index is 12.1. The SMILES string of the molecule is CCOc1ccc(/C=N/OCC(=O)NC(C)C2CC3CCC2C3)cc1OC. The molecular weight excluding hydrogens is 344 g/mol. The third-order valence-corrected chi connectivity index (χ3v) is 5.78. The van der Waals surface area contributed by atoms with Crippen molar-refractivity contribution in [3.05, 3.63) is 23.8 Å². The molecule has 148 valence electrons. The molecule has 1 amide bonds. The lowest BCUT2D eigenvalue weighted by molar-refractivity contribution is -0.126. The third-order valence-electron chi connectivity index (χ3n) is 5.78. The summed E-state index contributed by atoms with van der Waals surface area (Å²) in [6, 6.07) is 5.70. The molecule has 3 rings (SSSR count). The van der Waals surface area contributed by atoms with E-state index >= 15 is 0 Å². The van der Waals surface area contributed by atoms with Gasteiger partial charge in [0.25, 0.3) is 5.91 Å². The number of amides is 1. The summed E-state index contributed by atoms with van der Waals surface area (Å²) >= 11 is 0. The Morgan fingerprint density at radius 3 is 2.85 bits per heavy atom. The van der Waals surface area contributed by atoms with Crippen LogP contribution in [0.2, 0.25) is 0 Å². The minimum atomic E-state index is -0.119. The van der Waals surface area contributed by atoms with Gasteiger partial charge in [-0.2, -0.15) is 0 Å². The van der Waals surface area contributed by atoms with Crippen LogP contribution in [-0.2, 0) is 9.63 Å². The molecule has 0 aliphatic heterocycles. The van der Waals surface area contributed by atoms with E-state index in [1.165, 1.54) is 25.7 Å². The van der Waals surface area contributed by atoms with Gasteiger partial charge in [0.2, 0.25) is 0 Å². The van der Waals surface area contributed by atoms with Crippen LogP contribution in [0.25, 0.3) is 0 Å². The van der Waals surface area contributed by atoms with Crippen molar-refractivity contribution in [3.8, 4) is 11.5 Å². The van der Waals surface area contributed by atoms with Gasteiger partial charge in [-0.05, 0) is 69.1 Å². The van der Waals surface area contributed by atoms with Gasteiger partial charge in [0.1, 0.15) is 0 Å². The van der Waals surface area contributed by atoms with Gasteiger partial charge in [-0.3, -0.25) is 4.79 Å². The Morgan fingerprint density at radius 2 is 2.19 bits per heavy atom. The molecule has 6 heteroatoms. The van der Waals surface area contributed by atoms with Crippen LogP contribution in [0.15, 0.2) is 23.4 Å². The number of rotatable bonds is 9. The Balaban J connectivity index is 1.43. The van der Waals surface area contributed by atoms with Gasteiger partial charge in [-0.1, -0.05) is 11.6 Å². The molecule has 2 fully saturated rings. The van der Waals surface area contributed by atoms with Gasteiger partial charge in [0, 0.05) is 11.6 Å². The van der Waals surface area contributed by atoms with Crippen molar-refractivity contribution in [2.24, 2.45) is 22.9 Å². The highest BCUT2D eigenvalue weighted by Crippen LogP contribution is 2.49. The maximum Gasteiger partial charge on any atom is 0.260 e. The predicted molar refractivity (Wildman–Crippen MR) is 104 cm³/mol. The molecule has 27 heavy (non-hydrogen) atoms. The fraction of sp³-hybridized carbons (Fsp3) is 0.619. The molecule has 6 nitrogen and oxygen atoms in total. The van der Waals surface area contributed by atoms with E-state index in [2.05, 4.69) is 17.4 Å². The molecule has 4 unspecified atom stereocenters. The molecule has 4 atom stereocenters. The second kappa shape index (κ2) is 9.11. The summed E-state index contributed by atoms with van der Waals surface area (Å²) in [5.74, 6) is 3.50. The van der Waals surface area contributed by atoms with E-state index in [0.29, 0.717) is 24.0 Å². The number of hydrogen-bond donors (Lipinski definition) is 1. The van der Waals surface area contributed by atoms with Crippen LogP contribution in [0.4, 0.5) is 0 Å². The van der Waals surface area contributed by atoms with Crippen LogP contribution in [0.3, 0.4) is 0 Å². The molecule has 0 saturated heterocycles. The highest BCUT2D eigenvalue weighted by molar-refractivity contribution is 5.81. The number of hydrogen-bond acceptors (Lipinski definition) is 5. The van der Waals surface area contributed by atoms with Crippen molar-refractivity contribution in [2.45, 2.75) is 45.6 Å². The van der Waals surface area contributed by atoms with Crippen molar-refractivity contribution in [1.29, 1.82) is 0 Å². The van der Waals surface area contributed by atoms with E-state index in [1.807, 2.05) is 25.1 Å². The number of oxime groups is 1. The Bertz CT molecular complexity index is 676. The van der Waals surface area contributed by atoms with Crippen molar-refractivity contribution >= 4 is 12.1 Å². The van der Waals surface area contributed by atoms with Gasteiger partial charge in [-0.25, -0.2) is 0 Å². The van der Waals surface area contributed by atoms with Crippen LogP contribution >= 0.6 is 0 Å². The lowest BCUT2D eigenvalue weighted by Gasteiger charge is -2.28. The van der Waals surface area contributed by atoms with Crippen molar-refractivity contribution in [1.82, 2.24) is 5.32 Å². The van der Waals surface area contributed by atoms with Gasteiger partial charge >= 0.3 is 0 Å². The van der Waals surface area contributed by atoms with Crippen molar-refractivity contribution < 1.29 is 19.1 Å². The van der Waals surface area contributed by atoms with Gasteiger partial charge in [0.15, 0.2) is 18.1 Å². The molecule has 1 aromatic rings. The highest BCUT2D eigenvalue weighted by atomic mass is 16.6. The number of benzene rings is 1. The summed E-state index contributed by atoms with van der Waals surface area (Å²) < 4.78 is 10.8. The zero-order valence-corrected chi connectivity index (χ0v) is 16.4. The molecule has 0 spiro atoms. The molecular formula is C21H30N2O4. The Hall–Kier alpha value is -2.24. The smallest absolute Gasteiger partial charge is 0.260 e. The predicted octanol–water partition coefficient (Wildman–Crippen LogP) is 3.39. The van der Waals surface area contributed by atoms with Gasteiger partial charge in [0.05, 0.1) is 19.9 Å². The number of nitrogens with one attached hydrogen (secondary N) is 1. The molecule has 1 N–H and O–H groups in total. The summed E-state index contributed by atoms with van der Waals surface area (Å²) in [6.45, 7) is 4.53. The van der Waals surface area contributed by atoms with Crippen LogP contribution in [0.1, 0.15) is 45.1 Å². The van der Waals surface area contributed by atoms with Gasteiger partial charge in [-0.15, -0.1) is 0 Å². The molecule has 2 saturated carbocycles. The number of nitrogens with zero attached hydrogens (tertiary/aromatic N) is 1. The highest BCUT2D eigenvalue weighted by Gasteiger charge is 2.42. The number of carbonyl (C=O) groups is 1. The van der Waals surface area contributed by atoms with E-state index in [9.17, 15) is 4.79 Å². The summed E-state index contributed by atoms with van der Waals surface area (Å²) in [4.78, 5) is 17.3. The quantitative estimate of drug-likeness (QED) is 0.531. The first-order valence-electron chi connectivity index (χ1n) is 9.86. The Kier molecular flexibility index (Phi) is 6.58. The van der Waals surface area contributed by atoms with Crippen LogP contribution in [-0.4, -0.2) is 38.5 Å². The topological polar surface area (TPSA) is 69.2 Å². The van der Waals surface area contributed by atoms with Crippen molar-refractivity contribution in [2.75, 3.05) is 20.3 Å². The summed E-state index contributed by atoms with van der Waals surface area (Å²) in [7, 11) is 1.59. The van der Waals surface area contributed by atoms with Crippen LogP contribution in [0, 0.1) is 17.8 Å². The molecule has 2 bridgehead atoms. The number of carbonyl (C=O) groups excluding carboxylic acids is 1. The maximum atomic E-state index is 12.1. The standard InChI is InChI=1S/C21H30N2O4/c1-4-26-19-8-6-16(11-20(19)25-3)12-22-27-13-21(24)23-14(2)18-10-15-5-7-17(18)9-15/h6,8,11-12,14-15,17-18H,4-5,7,9-10,13H2,1-3H3,(H,23,24)/b22-12+. The zero-order chi connectivity index (χ0) is 19.2. The fourth-order valence-electron chi connectivity index (χ4n) is 4.54. The van der Waals surface area contributed by atoms with Crippen LogP contribution in [0.5, 0.6) is 11.5 Å². The second-order valence-corrected chi connectivity index (χ2v) is 7.55. The average molecular weight is 374 g/mol. The van der Waals surface area contributed by atoms with E-state index in [0.717, 1.165) is 17.4 Å². The summed E-state index contributed by atoms with van der Waals surface area (Å²) in [5, 5.41) is 6.96. The van der Waals surface area contributed by atoms with Gasteiger partial charge < -0.3 is 19.6 Å². The molecule has 0 heterocycles. The largest absolute Gasteiger partial charge is 0.493 e. The first-order valence-corrected chi connectivity index (χ1v) is 9.86. The first-order chi connectivity index (χ1) is 13.1. The molecule has 0 aromatic heterocycles.